The number of aliphatic hydroxyl groups is 1. The Labute approximate surface area is 118 Å². The molecule has 0 atom stereocenters. The first-order valence-electron chi connectivity index (χ1n) is 6.39. The molecule has 5 nitrogen and oxygen atoms in total. The SMILES string of the molecule is O=c1oc2ccccc2n1CCN(CCO)CC(F)(F)F. The molecule has 0 amide bonds. The Hall–Kier alpha value is -1.80. The lowest BCUT2D eigenvalue weighted by molar-refractivity contribution is -0.147. The summed E-state index contributed by atoms with van der Waals surface area (Å²) in [4.78, 5) is 12.8. The Kier molecular flexibility index (Phi) is 4.69. The lowest BCUT2D eigenvalue weighted by Gasteiger charge is -2.22. The van der Waals surface area contributed by atoms with E-state index in [4.69, 9.17) is 9.52 Å². The first kappa shape index (κ1) is 15.6. The van der Waals surface area contributed by atoms with Crippen molar-refractivity contribution in [3.63, 3.8) is 0 Å². The van der Waals surface area contributed by atoms with Crippen molar-refractivity contribution in [2.24, 2.45) is 0 Å². The summed E-state index contributed by atoms with van der Waals surface area (Å²) < 4.78 is 43.5. The largest absolute Gasteiger partial charge is 0.419 e. The average molecular weight is 304 g/mol. The number of para-hydroxylation sites is 2. The van der Waals surface area contributed by atoms with Crippen molar-refractivity contribution >= 4 is 11.1 Å². The molecular formula is C13H15F3N2O3. The van der Waals surface area contributed by atoms with Crippen LogP contribution in [0.5, 0.6) is 0 Å². The summed E-state index contributed by atoms with van der Waals surface area (Å²) in [5.41, 5.74) is 0.936. The topological polar surface area (TPSA) is 58.6 Å². The number of benzene rings is 1. The number of halogens is 3. The van der Waals surface area contributed by atoms with Crippen LogP contribution in [-0.4, -0.2) is 47.0 Å². The van der Waals surface area contributed by atoms with Gasteiger partial charge in [0.2, 0.25) is 0 Å². The molecule has 1 aromatic carbocycles. The number of hydrogen-bond acceptors (Lipinski definition) is 4. The molecule has 116 valence electrons. The van der Waals surface area contributed by atoms with E-state index in [1.54, 1.807) is 24.3 Å². The summed E-state index contributed by atoms with van der Waals surface area (Å²) >= 11 is 0. The summed E-state index contributed by atoms with van der Waals surface area (Å²) in [5.74, 6) is -0.604. The van der Waals surface area contributed by atoms with Gasteiger partial charge in [0, 0.05) is 19.6 Å². The van der Waals surface area contributed by atoms with Crippen molar-refractivity contribution in [1.82, 2.24) is 9.47 Å². The molecule has 0 fully saturated rings. The maximum absolute atomic E-state index is 12.4. The summed E-state index contributed by atoms with van der Waals surface area (Å²) in [6, 6.07) is 6.71. The zero-order valence-corrected chi connectivity index (χ0v) is 11.1. The normalized spacial score (nSPS) is 12.4. The Morgan fingerprint density at radius 1 is 1.24 bits per heavy atom. The van der Waals surface area contributed by atoms with Crippen molar-refractivity contribution in [2.45, 2.75) is 12.7 Å². The quantitative estimate of drug-likeness (QED) is 0.877. The number of rotatable bonds is 6. The third-order valence-corrected chi connectivity index (χ3v) is 3.03. The van der Waals surface area contributed by atoms with Gasteiger partial charge in [0.15, 0.2) is 5.58 Å². The second-order valence-electron chi connectivity index (χ2n) is 4.60. The van der Waals surface area contributed by atoms with Crippen LogP contribution in [0.2, 0.25) is 0 Å². The third kappa shape index (κ3) is 4.08. The monoisotopic (exact) mass is 304 g/mol. The van der Waals surface area contributed by atoms with Crippen LogP contribution in [-0.2, 0) is 6.54 Å². The highest BCUT2D eigenvalue weighted by molar-refractivity contribution is 5.72. The van der Waals surface area contributed by atoms with Crippen LogP contribution in [0.15, 0.2) is 33.5 Å². The summed E-state index contributed by atoms with van der Waals surface area (Å²) in [6.07, 6.45) is -4.35. The highest BCUT2D eigenvalue weighted by Crippen LogP contribution is 2.17. The Balaban J connectivity index is 2.12. The molecule has 0 aliphatic rings. The lowest BCUT2D eigenvalue weighted by atomic mass is 10.3. The van der Waals surface area contributed by atoms with Gasteiger partial charge in [-0.2, -0.15) is 13.2 Å². The molecule has 2 rings (SSSR count). The van der Waals surface area contributed by atoms with Gasteiger partial charge in [-0.1, -0.05) is 12.1 Å². The van der Waals surface area contributed by atoms with Gasteiger partial charge in [-0.25, -0.2) is 4.79 Å². The van der Waals surface area contributed by atoms with Gasteiger partial charge in [-0.3, -0.25) is 9.47 Å². The molecule has 0 unspecified atom stereocenters. The molecule has 0 aliphatic heterocycles. The van der Waals surface area contributed by atoms with E-state index in [1.807, 2.05) is 0 Å². The van der Waals surface area contributed by atoms with Crippen molar-refractivity contribution < 1.29 is 22.7 Å². The van der Waals surface area contributed by atoms with Crippen LogP contribution in [0.3, 0.4) is 0 Å². The van der Waals surface area contributed by atoms with Crippen LogP contribution in [0, 0.1) is 0 Å². The third-order valence-electron chi connectivity index (χ3n) is 3.03. The van der Waals surface area contributed by atoms with E-state index in [0.29, 0.717) is 11.1 Å². The van der Waals surface area contributed by atoms with E-state index >= 15 is 0 Å². The molecule has 0 saturated carbocycles. The standard InChI is InChI=1S/C13H15F3N2O3/c14-13(15,16)9-17(7-8-19)5-6-18-10-3-1-2-4-11(10)21-12(18)20/h1-4,19H,5-9H2. The zero-order chi connectivity index (χ0) is 15.5. The van der Waals surface area contributed by atoms with Gasteiger partial charge < -0.3 is 9.52 Å². The summed E-state index contributed by atoms with van der Waals surface area (Å²) in [6.45, 7) is -1.56. The number of alkyl halides is 3. The molecule has 21 heavy (non-hydrogen) atoms. The van der Waals surface area contributed by atoms with Crippen LogP contribution in [0.4, 0.5) is 13.2 Å². The fourth-order valence-electron chi connectivity index (χ4n) is 2.13. The van der Waals surface area contributed by atoms with Crippen LogP contribution < -0.4 is 5.76 Å². The maximum Gasteiger partial charge on any atom is 0.419 e. The first-order chi connectivity index (χ1) is 9.90. The number of oxazole rings is 1. The second-order valence-corrected chi connectivity index (χ2v) is 4.60. The molecule has 1 heterocycles. The maximum atomic E-state index is 12.4. The summed E-state index contributed by atoms with van der Waals surface area (Å²) in [7, 11) is 0. The fourth-order valence-corrected chi connectivity index (χ4v) is 2.13. The van der Waals surface area contributed by atoms with Gasteiger partial charge in [0.25, 0.3) is 0 Å². The van der Waals surface area contributed by atoms with Crippen molar-refractivity contribution in [1.29, 1.82) is 0 Å². The van der Waals surface area contributed by atoms with E-state index in [-0.39, 0.29) is 26.2 Å². The summed E-state index contributed by atoms with van der Waals surface area (Å²) in [5, 5.41) is 8.82. The Morgan fingerprint density at radius 3 is 2.62 bits per heavy atom. The highest BCUT2D eigenvalue weighted by atomic mass is 19.4. The minimum Gasteiger partial charge on any atom is -0.408 e. The molecule has 1 N–H and O–H groups in total. The number of hydrogen-bond donors (Lipinski definition) is 1. The van der Waals surface area contributed by atoms with Gasteiger partial charge >= 0.3 is 11.9 Å². The highest BCUT2D eigenvalue weighted by Gasteiger charge is 2.30. The number of aliphatic hydroxyl groups excluding tert-OH is 1. The average Bonchev–Trinajstić information content (AvgIpc) is 2.70. The molecule has 1 aromatic heterocycles. The van der Waals surface area contributed by atoms with E-state index in [0.717, 1.165) is 4.90 Å². The molecule has 0 spiro atoms. The van der Waals surface area contributed by atoms with Crippen LogP contribution in [0.1, 0.15) is 0 Å². The molecule has 8 heteroatoms. The molecular weight excluding hydrogens is 289 g/mol. The molecule has 2 aromatic rings. The van der Waals surface area contributed by atoms with E-state index in [1.165, 1.54) is 4.57 Å². The minimum absolute atomic E-state index is 0.0104. The van der Waals surface area contributed by atoms with Gasteiger partial charge in [0.1, 0.15) is 0 Å². The molecule has 0 bridgehead atoms. The Morgan fingerprint density at radius 2 is 1.95 bits per heavy atom. The van der Waals surface area contributed by atoms with Crippen LogP contribution in [0.25, 0.3) is 11.1 Å². The predicted octanol–water partition coefficient (Wildman–Crippen LogP) is 1.45. The van der Waals surface area contributed by atoms with E-state index in [9.17, 15) is 18.0 Å². The van der Waals surface area contributed by atoms with E-state index in [2.05, 4.69) is 0 Å². The smallest absolute Gasteiger partial charge is 0.408 e. The minimum atomic E-state index is -4.35. The fraction of sp³-hybridized carbons (Fsp3) is 0.462. The van der Waals surface area contributed by atoms with Gasteiger partial charge in [-0.05, 0) is 12.1 Å². The molecule has 0 saturated heterocycles. The zero-order valence-electron chi connectivity index (χ0n) is 11.1. The van der Waals surface area contributed by atoms with Gasteiger partial charge in [0.05, 0.1) is 18.7 Å². The van der Waals surface area contributed by atoms with E-state index < -0.39 is 18.5 Å². The molecule has 0 aliphatic carbocycles. The second kappa shape index (κ2) is 6.31. The Bertz CT molecular complexity index is 648. The van der Waals surface area contributed by atoms with Crippen LogP contribution >= 0.6 is 0 Å². The van der Waals surface area contributed by atoms with Gasteiger partial charge in [-0.15, -0.1) is 0 Å². The van der Waals surface area contributed by atoms with Crippen molar-refractivity contribution in [3.8, 4) is 0 Å². The lowest BCUT2D eigenvalue weighted by Crippen LogP contribution is -2.39. The number of fused-ring (bicyclic) bond motifs is 1. The predicted molar refractivity (Wildman–Crippen MR) is 70.1 cm³/mol. The first-order valence-corrected chi connectivity index (χ1v) is 6.39. The number of nitrogens with zero attached hydrogens (tertiary/aromatic N) is 2. The van der Waals surface area contributed by atoms with Crippen molar-refractivity contribution in [3.05, 3.63) is 34.8 Å². The van der Waals surface area contributed by atoms with Crippen molar-refractivity contribution in [2.75, 3.05) is 26.2 Å². The number of aromatic nitrogens is 1. The molecule has 0 radical (unpaired) electrons.